The van der Waals surface area contributed by atoms with Crippen molar-refractivity contribution in [2.24, 2.45) is 5.41 Å². The van der Waals surface area contributed by atoms with Gasteiger partial charge >= 0.3 is 0 Å². The van der Waals surface area contributed by atoms with Crippen LogP contribution in [0.3, 0.4) is 0 Å². The summed E-state index contributed by atoms with van der Waals surface area (Å²) < 4.78 is 0. The number of aryl methyl sites for hydroxylation is 2. The summed E-state index contributed by atoms with van der Waals surface area (Å²) in [4.78, 5) is 0. The van der Waals surface area contributed by atoms with Crippen LogP contribution >= 0.6 is 0 Å². The summed E-state index contributed by atoms with van der Waals surface area (Å²) >= 11 is 0. The van der Waals surface area contributed by atoms with E-state index in [0.29, 0.717) is 0 Å². The van der Waals surface area contributed by atoms with Crippen LogP contribution in [0.1, 0.15) is 49.8 Å². The third-order valence-corrected chi connectivity index (χ3v) is 3.87. The molecular weight excluding hydrogens is 196 g/mol. The van der Waals surface area contributed by atoms with Gasteiger partial charge < -0.3 is 5.11 Å². The largest absolute Gasteiger partial charge is 0.385 e. The molecule has 1 unspecified atom stereocenters. The molecule has 0 aliphatic heterocycles. The lowest BCUT2D eigenvalue weighted by molar-refractivity contribution is 0.0332. The van der Waals surface area contributed by atoms with Crippen molar-refractivity contribution in [1.82, 2.24) is 0 Å². The van der Waals surface area contributed by atoms with E-state index in [2.05, 4.69) is 45.9 Å². The maximum atomic E-state index is 10.8. The van der Waals surface area contributed by atoms with Gasteiger partial charge in [0.1, 0.15) is 0 Å². The number of aliphatic hydroxyl groups is 1. The summed E-state index contributed by atoms with van der Waals surface area (Å²) in [5.41, 5.74) is 3.29. The summed E-state index contributed by atoms with van der Waals surface area (Å²) in [6.07, 6.45) is 2.88. The number of benzene rings is 1. The molecule has 1 aromatic rings. The smallest absolute Gasteiger partial charge is 0.0904 e. The Labute approximate surface area is 98.5 Å². The molecule has 1 saturated carbocycles. The molecule has 0 bridgehead atoms. The zero-order valence-corrected chi connectivity index (χ0v) is 10.8. The van der Waals surface area contributed by atoms with Crippen molar-refractivity contribution in [2.75, 3.05) is 0 Å². The highest BCUT2D eigenvalue weighted by atomic mass is 16.3. The Bertz CT molecular complexity index is 406. The fourth-order valence-electron chi connectivity index (χ4n) is 3.08. The summed E-state index contributed by atoms with van der Waals surface area (Å²) in [6, 6.07) is 6.37. The van der Waals surface area contributed by atoms with Crippen molar-refractivity contribution in [3.63, 3.8) is 0 Å². The van der Waals surface area contributed by atoms with Gasteiger partial charge in [-0.2, -0.15) is 0 Å². The van der Waals surface area contributed by atoms with Crippen molar-refractivity contribution in [3.8, 4) is 0 Å². The van der Waals surface area contributed by atoms with E-state index in [1.54, 1.807) is 0 Å². The molecule has 1 fully saturated rings. The number of hydrogen-bond donors (Lipinski definition) is 1. The first-order valence-electron chi connectivity index (χ1n) is 6.13. The SMILES string of the molecule is Cc1ccc(C2(O)CCC(C)(C)C2)c(C)c1. The van der Waals surface area contributed by atoms with Crippen LogP contribution in [0, 0.1) is 19.3 Å². The molecule has 2 rings (SSSR count). The maximum Gasteiger partial charge on any atom is 0.0904 e. The van der Waals surface area contributed by atoms with Gasteiger partial charge in [0.2, 0.25) is 0 Å². The Morgan fingerprint density at radius 1 is 1.12 bits per heavy atom. The minimum absolute atomic E-state index is 0.270. The van der Waals surface area contributed by atoms with E-state index in [9.17, 15) is 5.11 Å². The maximum absolute atomic E-state index is 10.8. The average molecular weight is 218 g/mol. The van der Waals surface area contributed by atoms with Crippen LogP contribution in [0.5, 0.6) is 0 Å². The number of hydrogen-bond acceptors (Lipinski definition) is 1. The van der Waals surface area contributed by atoms with E-state index in [4.69, 9.17) is 0 Å². The minimum atomic E-state index is -0.596. The Hall–Kier alpha value is -0.820. The second kappa shape index (κ2) is 3.59. The third-order valence-electron chi connectivity index (χ3n) is 3.87. The van der Waals surface area contributed by atoms with Gasteiger partial charge in [-0.25, -0.2) is 0 Å². The van der Waals surface area contributed by atoms with Crippen LogP contribution in [-0.4, -0.2) is 5.11 Å². The molecule has 1 nitrogen and oxygen atoms in total. The van der Waals surface area contributed by atoms with Gasteiger partial charge in [-0.3, -0.25) is 0 Å². The van der Waals surface area contributed by atoms with E-state index in [1.165, 1.54) is 11.1 Å². The first-order valence-corrected chi connectivity index (χ1v) is 6.13. The second-order valence-electron chi connectivity index (χ2n) is 6.19. The average Bonchev–Trinajstić information content (AvgIpc) is 2.41. The second-order valence-corrected chi connectivity index (χ2v) is 6.19. The monoisotopic (exact) mass is 218 g/mol. The van der Waals surface area contributed by atoms with Crippen molar-refractivity contribution >= 4 is 0 Å². The quantitative estimate of drug-likeness (QED) is 0.762. The molecule has 0 radical (unpaired) electrons. The fourth-order valence-corrected chi connectivity index (χ4v) is 3.08. The van der Waals surface area contributed by atoms with Gasteiger partial charge in [0.05, 0.1) is 5.60 Å². The first kappa shape index (κ1) is 11.7. The summed E-state index contributed by atoms with van der Waals surface area (Å²) in [5.74, 6) is 0. The van der Waals surface area contributed by atoms with Crippen molar-refractivity contribution in [1.29, 1.82) is 0 Å². The van der Waals surface area contributed by atoms with Gasteiger partial charge in [-0.05, 0) is 49.7 Å². The van der Waals surface area contributed by atoms with Gasteiger partial charge in [0.25, 0.3) is 0 Å². The van der Waals surface area contributed by atoms with Gasteiger partial charge in [-0.15, -0.1) is 0 Å². The summed E-state index contributed by atoms with van der Waals surface area (Å²) in [7, 11) is 0. The van der Waals surface area contributed by atoms with Crippen LogP contribution in [0.2, 0.25) is 0 Å². The van der Waals surface area contributed by atoms with E-state index >= 15 is 0 Å². The van der Waals surface area contributed by atoms with Gasteiger partial charge in [0.15, 0.2) is 0 Å². The molecule has 1 aliphatic rings. The lowest BCUT2D eigenvalue weighted by atomic mass is 9.84. The normalized spacial score (nSPS) is 28.3. The highest BCUT2D eigenvalue weighted by molar-refractivity contribution is 5.35. The molecule has 0 spiro atoms. The van der Waals surface area contributed by atoms with Crippen LogP contribution in [-0.2, 0) is 5.60 Å². The molecule has 16 heavy (non-hydrogen) atoms. The van der Waals surface area contributed by atoms with Crippen LogP contribution in [0.4, 0.5) is 0 Å². The Morgan fingerprint density at radius 3 is 2.31 bits per heavy atom. The molecular formula is C15H22O. The van der Waals surface area contributed by atoms with Crippen LogP contribution < -0.4 is 0 Å². The zero-order valence-electron chi connectivity index (χ0n) is 10.8. The van der Waals surface area contributed by atoms with Crippen molar-refractivity contribution in [2.45, 2.75) is 52.6 Å². The van der Waals surface area contributed by atoms with Crippen molar-refractivity contribution < 1.29 is 5.11 Å². The molecule has 1 atom stereocenters. The van der Waals surface area contributed by atoms with Gasteiger partial charge in [-0.1, -0.05) is 37.6 Å². The van der Waals surface area contributed by atoms with E-state index in [1.807, 2.05) is 0 Å². The molecule has 1 aliphatic carbocycles. The molecule has 0 saturated heterocycles. The van der Waals surface area contributed by atoms with Crippen LogP contribution in [0.25, 0.3) is 0 Å². The molecule has 0 heterocycles. The predicted octanol–water partition coefficient (Wildman–Crippen LogP) is 3.70. The Kier molecular flexibility index (Phi) is 2.62. The van der Waals surface area contributed by atoms with Crippen molar-refractivity contribution in [3.05, 3.63) is 34.9 Å². The fraction of sp³-hybridized carbons (Fsp3) is 0.600. The standard InChI is InChI=1S/C15H22O/c1-11-5-6-13(12(2)9-11)15(16)8-7-14(3,4)10-15/h5-6,9,16H,7-8,10H2,1-4H3. The molecule has 0 amide bonds. The predicted molar refractivity (Wildman–Crippen MR) is 67.4 cm³/mol. The molecule has 1 aromatic carbocycles. The Balaban J connectivity index is 2.38. The van der Waals surface area contributed by atoms with E-state index < -0.39 is 5.60 Å². The van der Waals surface area contributed by atoms with E-state index in [0.717, 1.165) is 24.8 Å². The first-order chi connectivity index (χ1) is 7.32. The zero-order chi connectivity index (χ0) is 12.0. The lowest BCUT2D eigenvalue weighted by Gasteiger charge is -2.27. The third kappa shape index (κ3) is 2.01. The summed E-state index contributed by atoms with van der Waals surface area (Å²) in [5, 5.41) is 10.8. The molecule has 1 N–H and O–H groups in total. The number of rotatable bonds is 1. The molecule has 1 heteroatoms. The minimum Gasteiger partial charge on any atom is -0.385 e. The molecule has 0 aromatic heterocycles. The summed E-state index contributed by atoms with van der Waals surface area (Å²) in [6.45, 7) is 8.69. The molecule has 88 valence electrons. The highest BCUT2D eigenvalue weighted by Gasteiger charge is 2.43. The Morgan fingerprint density at radius 2 is 1.81 bits per heavy atom. The highest BCUT2D eigenvalue weighted by Crippen LogP contribution is 2.49. The van der Waals surface area contributed by atoms with Gasteiger partial charge in [0, 0.05) is 0 Å². The van der Waals surface area contributed by atoms with Crippen LogP contribution in [0.15, 0.2) is 18.2 Å². The topological polar surface area (TPSA) is 20.2 Å². The van der Waals surface area contributed by atoms with E-state index in [-0.39, 0.29) is 5.41 Å². The lowest BCUT2D eigenvalue weighted by Crippen LogP contribution is -2.24.